The molecule has 24 heavy (non-hydrogen) atoms. The highest BCUT2D eigenvalue weighted by atomic mass is 32.2. The second-order valence-electron chi connectivity index (χ2n) is 4.79. The third-order valence-electron chi connectivity index (χ3n) is 2.96. The first-order valence-corrected chi connectivity index (χ1v) is 7.78. The molecule has 0 aliphatic carbocycles. The Morgan fingerprint density at radius 3 is 2.38 bits per heavy atom. The Bertz CT molecular complexity index is 894. The molecule has 2 rings (SSSR count). The Kier molecular flexibility index (Phi) is 4.52. The normalized spacial score (nSPS) is 12.0. The van der Waals surface area contributed by atoms with E-state index in [-0.39, 0.29) is 0 Å². The van der Waals surface area contributed by atoms with E-state index in [1.807, 2.05) is 0 Å². The number of halogens is 3. The molecule has 0 heterocycles. The van der Waals surface area contributed by atoms with Crippen LogP contribution in [0.25, 0.3) is 0 Å². The van der Waals surface area contributed by atoms with Gasteiger partial charge in [0, 0.05) is 6.07 Å². The Morgan fingerprint density at radius 2 is 1.79 bits per heavy atom. The van der Waals surface area contributed by atoms with Gasteiger partial charge in [0.1, 0.15) is 4.90 Å². The van der Waals surface area contributed by atoms with Crippen molar-refractivity contribution < 1.29 is 30.7 Å². The zero-order valence-corrected chi connectivity index (χ0v) is 12.9. The molecule has 0 bridgehead atoms. The number of rotatable bonds is 4. The molecule has 128 valence electrons. The zero-order chi connectivity index (χ0) is 18.1. The fraction of sp³-hybridized carbons (Fsp3) is 0.143. The van der Waals surface area contributed by atoms with E-state index in [9.17, 15) is 31.7 Å². The summed E-state index contributed by atoms with van der Waals surface area (Å²) < 4.78 is 66.9. The summed E-state index contributed by atoms with van der Waals surface area (Å²) in [5, 5.41) is 11.0. The number of nitrogens with zero attached hydrogens (tertiary/aromatic N) is 1. The van der Waals surface area contributed by atoms with Gasteiger partial charge in [-0.15, -0.1) is 0 Å². The van der Waals surface area contributed by atoms with E-state index in [1.54, 1.807) is 6.92 Å². The van der Waals surface area contributed by atoms with Crippen LogP contribution in [-0.2, 0) is 16.3 Å². The summed E-state index contributed by atoms with van der Waals surface area (Å²) in [5.41, 5.74) is -1.29. The number of hydrogen-bond donors (Lipinski definition) is 0. The monoisotopic (exact) mass is 361 g/mol. The molecule has 0 saturated carbocycles. The minimum absolute atomic E-state index is 0.398. The molecule has 0 N–H and O–H groups in total. The Morgan fingerprint density at radius 1 is 1.12 bits per heavy atom. The fourth-order valence-electron chi connectivity index (χ4n) is 1.83. The van der Waals surface area contributed by atoms with Crippen LogP contribution in [0.3, 0.4) is 0 Å². The average molecular weight is 361 g/mol. The van der Waals surface area contributed by atoms with E-state index in [1.165, 1.54) is 6.07 Å². The third kappa shape index (κ3) is 3.82. The molecule has 0 aliphatic heterocycles. The van der Waals surface area contributed by atoms with Crippen molar-refractivity contribution in [2.45, 2.75) is 18.0 Å². The number of hydrogen-bond acceptors (Lipinski definition) is 5. The molecule has 2 aromatic rings. The summed E-state index contributed by atoms with van der Waals surface area (Å²) in [7, 11) is -4.67. The van der Waals surface area contributed by atoms with Gasteiger partial charge in [0.2, 0.25) is 5.75 Å². The van der Waals surface area contributed by atoms with E-state index < -0.39 is 43.1 Å². The molecule has 0 aliphatic rings. The Balaban J connectivity index is 2.45. The van der Waals surface area contributed by atoms with Crippen molar-refractivity contribution in [1.29, 1.82) is 0 Å². The molecule has 0 atom stereocenters. The van der Waals surface area contributed by atoms with Crippen LogP contribution in [0.4, 0.5) is 18.9 Å². The van der Waals surface area contributed by atoms with Crippen LogP contribution in [0.5, 0.6) is 5.75 Å². The van der Waals surface area contributed by atoms with Crippen LogP contribution in [0.1, 0.15) is 11.1 Å². The summed E-state index contributed by atoms with van der Waals surface area (Å²) in [5.74, 6) is -0.581. The Hall–Kier alpha value is -2.62. The predicted octanol–water partition coefficient (Wildman–Crippen LogP) is 3.69. The maximum atomic E-state index is 12.7. The molecular weight excluding hydrogens is 351 g/mol. The molecule has 0 radical (unpaired) electrons. The second-order valence-corrected chi connectivity index (χ2v) is 6.34. The number of nitro benzene ring substituents is 1. The molecule has 0 saturated heterocycles. The van der Waals surface area contributed by atoms with Crippen molar-refractivity contribution in [2.24, 2.45) is 0 Å². The van der Waals surface area contributed by atoms with E-state index in [4.69, 9.17) is 0 Å². The van der Waals surface area contributed by atoms with Crippen LogP contribution in [0, 0.1) is 17.0 Å². The lowest BCUT2D eigenvalue weighted by Crippen LogP contribution is -2.13. The predicted molar refractivity (Wildman–Crippen MR) is 77.1 cm³/mol. The Labute approximate surface area is 134 Å². The smallest absolute Gasteiger partial charge is 0.372 e. The molecule has 2 aromatic carbocycles. The third-order valence-corrected chi connectivity index (χ3v) is 4.19. The first kappa shape index (κ1) is 17.7. The van der Waals surface area contributed by atoms with Crippen molar-refractivity contribution in [3.05, 3.63) is 63.7 Å². The van der Waals surface area contributed by atoms with Crippen molar-refractivity contribution in [3.8, 4) is 5.75 Å². The average Bonchev–Trinajstić information content (AvgIpc) is 2.48. The van der Waals surface area contributed by atoms with Crippen LogP contribution in [-0.4, -0.2) is 13.3 Å². The lowest BCUT2D eigenvalue weighted by Gasteiger charge is -2.10. The molecule has 0 amide bonds. The van der Waals surface area contributed by atoms with Crippen LogP contribution in [0.2, 0.25) is 0 Å². The van der Waals surface area contributed by atoms with Gasteiger partial charge in [0.05, 0.1) is 10.5 Å². The molecule has 10 heteroatoms. The molecule has 0 unspecified atom stereocenters. The minimum Gasteiger partial charge on any atom is -0.372 e. The van der Waals surface area contributed by atoms with Gasteiger partial charge in [-0.2, -0.15) is 21.6 Å². The van der Waals surface area contributed by atoms with E-state index in [2.05, 4.69) is 4.18 Å². The zero-order valence-electron chi connectivity index (χ0n) is 12.1. The van der Waals surface area contributed by atoms with Crippen LogP contribution < -0.4 is 4.18 Å². The largest absolute Gasteiger partial charge is 0.416 e. The van der Waals surface area contributed by atoms with Gasteiger partial charge in [-0.05, 0) is 36.8 Å². The van der Waals surface area contributed by atoms with E-state index >= 15 is 0 Å². The van der Waals surface area contributed by atoms with Crippen molar-refractivity contribution in [2.75, 3.05) is 0 Å². The van der Waals surface area contributed by atoms with Gasteiger partial charge < -0.3 is 4.18 Å². The molecule has 6 nitrogen and oxygen atoms in total. The van der Waals surface area contributed by atoms with Gasteiger partial charge in [-0.1, -0.05) is 12.1 Å². The lowest BCUT2D eigenvalue weighted by molar-refractivity contribution is -0.385. The van der Waals surface area contributed by atoms with Crippen molar-refractivity contribution in [3.63, 3.8) is 0 Å². The molecular formula is C14H10F3NO5S. The molecule has 0 fully saturated rings. The summed E-state index contributed by atoms with van der Waals surface area (Å²) in [6, 6.07) is 6.45. The van der Waals surface area contributed by atoms with Crippen molar-refractivity contribution >= 4 is 15.8 Å². The van der Waals surface area contributed by atoms with Gasteiger partial charge in [0.15, 0.2) is 0 Å². The van der Waals surface area contributed by atoms with Crippen LogP contribution in [0.15, 0.2) is 47.4 Å². The fourth-order valence-corrected chi connectivity index (χ4v) is 2.82. The summed E-state index contributed by atoms with van der Waals surface area (Å²) in [6.07, 6.45) is -4.73. The van der Waals surface area contributed by atoms with Crippen LogP contribution >= 0.6 is 0 Å². The van der Waals surface area contributed by atoms with E-state index in [0.29, 0.717) is 17.7 Å². The number of nitro groups is 1. The van der Waals surface area contributed by atoms with Gasteiger partial charge in [-0.25, -0.2) is 0 Å². The molecule has 0 spiro atoms. The maximum Gasteiger partial charge on any atom is 0.416 e. The minimum atomic E-state index is -4.73. The standard InChI is InChI=1S/C14H10F3NO5S/c1-9-5-6-13(12(7-9)18(19)20)23-24(21,22)11-4-2-3-10(8-11)14(15,16)17/h2-8H,1H3. The summed E-state index contributed by atoms with van der Waals surface area (Å²) in [6.45, 7) is 1.55. The van der Waals surface area contributed by atoms with Crippen molar-refractivity contribution in [1.82, 2.24) is 0 Å². The first-order valence-electron chi connectivity index (χ1n) is 6.37. The number of alkyl halides is 3. The number of benzene rings is 2. The van der Waals surface area contributed by atoms with E-state index in [0.717, 1.165) is 24.3 Å². The highest BCUT2D eigenvalue weighted by molar-refractivity contribution is 7.87. The van der Waals surface area contributed by atoms with Gasteiger partial charge >= 0.3 is 22.0 Å². The molecule has 0 aromatic heterocycles. The van der Waals surface area contributed by atoms with Gasteiger partial charge in [0.25, 0.3) is 0 Å². The quantitative estimate of drug-likeness (QED) is 0.471. The second kappa shape index (κ2) is 6.11. The van der Waals surface area contributed by atoms with Gasteiger partial charge in [-0.3, -0.25) is 10.1 Å². The SMILES string of the molecule is Cc1ccc(OS(=O)(=O)c2cccc(C(F)(F)F)c2)c([N+](=O)[O-])c1. The topological polar surface area (TPSA) is 86.5 Å². The first-order chi connectivity index (χ1) is 11.0. The summed E-state index contributed by atoms with van der Waals surface area (Å²) in [4.78, 5) is 9.36. The highest BCUT2D eigenvalue weighted by Gasteiger charge is 2.32. The summed E-state index contributed by atoms with van der Waals surface area (Å²) >= 11 is 0. The number of aryl methyl sites for hydroxylation is 1. The highest BCUT2D eigenvalue weighted by Crippen LogP contribution is 2.33. The maximum absolute atomic E-state index is 12.7. The lowest BCUT2D eigenvalue weighted by atomic mass is 10.2.